The molecular weight excluding hydrogens is 286 g/mol. The average molecular weight is 312 g/mol. The van der Waals surface area contributed by atoms with Crippen molar-refractivity contribution in [3.63, 3.8) is 0 Å². The molecule has 0 spiro atoms. The fourth-order valence-electron chi connectivity index (χ4n) is 2.91. The molecular formula is C15H26ClN5. The third-order valence-electron chi connectivity index (χ3n) is 4.57. The third kappa shape index (κ3) is 4.19. The summed E-state index contributed by atoms with van der Waals surface area (Å²) in [6.45, 7) is 10.5. The van der Waals surface area contributed by atoms with Gasteiger partial charge in [0.05, 0.1) is 0 Å². The monoisotopic (exact) mass is 311 g/mol. The van der Waals surface area contributed by atoms with E-state index in [0.717, 1.165) is 37.8 Å². The normalized spacial score (nSPS) is 25.7. The van der Waals surface area contributed by atoms with Crippen molar-refractivity contribution in [2.24, 2.45) is 11.8 Å². The lowest BCUT2D eigenvalue weighted by Gasteiger charge is -2.32. The maximum atomic E-state index is 6.05. The van der Waals surface area contributed by atoms with E-state index in [1.807, 2.05) is 0 Å². The zero-order chi connectivity index (χ0) is 15.4. The summed E-state index contributed by atoms with van der Waals surface area (Å²) in [5, 5.41) is 3.70. The van der Waals surface area contributed by atoms with Crippen LogP contribution >= 0.6 is 11.6 Å². The van der Waals surface area contributed by atoms with Gasteiger partial charge in [-0.2, -0.15) is 15.0 Å². The molecule has 1 aliphatic carbocycles. The quantitative estimate of drug-likeness (QED) is 0.900. The van der Waals surface area contributed by atoms with Crippen molar-refractivity contribution in [2.75, 3.05) is 23.3 Å². The molecule has 3 atom stereocenters. The van der Waals surface area contributed by atoms with E-state index in [4.69, 9.17) is 11.6 Å². The van der Waals surface area contributed by atoms with E-state index in [1.165, 1.54) is 6.42 Å². The van der Waals surface area contributed by atoms with Crippen LogP contribution in [0.25, 0.3) is 0 Å². The summed E-state index contributed by atoms with van der Waals surface area (Å²) < 4.78 is 0. The SMILES string of the molecule is CCN(CC)c1nc(Cl)nc(NC2CCC(C)C(C)C2)n1. The molecule has 0 amide bonds. The van der Waals surface area contributed by atoms with Crippen molar-refractivity contribution in [1.29, 1.82) is 0 Å². The van der Waals surface area contributed by atoms with Gasteiger partial charge < -0.3 is 10.2 Å². The highest BCUT2D eigenvalue weighted by atomic mass is 35.5. The molecule has 0 aromatic carbocycles. The van der Waals surface area contributed by atoms with Crippen molar-refractivity contribution in [3.8, 4) is 0 Å². The molecule has 1 aromatic heterocycles. The average Bonchev–Trinajstić information content (AvgIpc) is 2.44. The van der Waals surface area contributed by atoms with E-state index >= 15 is 0 Å². The van der Waals surface area contributed by atoms with Crippen LogP contribution in [0.15, 0.2) is 0 Å². The zero-order valence-corrected chi connectivity index (χ0v) is 14.2. The molecule has 2 rings (SSSR count). The van der Waals surface area contributed by atoms with Crippen LogP contribution in [0.3, 0.4) is 0 Å². The van der Waals surface area contributed by atoms with Crippen LogP contribution in [0, 0.1) is 11.8 Å². The highest BCUT2D eigenvalue weighted by Gasteiger charge is 2.25. The molecule has 1 N–H and O–H groups in total. The second-order valence-electron chi connectivity index (χ2n) is 6.01. The van der Waals surface area contributed by atoms with Crippen molar-refractivity contribution >= 4 is 23.5 Å². The van der Waals surface area contributed by atoms with Crippen LogP contribution in [0.1, 0.15) is 47.0 Å². The molecule has 1 heterocycles. The number of halogens is 1. The second kappa shape index (κ2) is 7.25. The van der Waals surface area contributed by atoms with Crippen LogP contribution in [-0.4, -0.2) is 34.1 Å². The Kier molecular flexibility index (Phi) is 5.62. The molecule has 118 valence electrons. The van der Waals surface area contributed by atoms with E-state index < -0.39 is 0 Å². The van der Waals surface area contributed by atoms with Gasteiger partial charge in [-0.3, -0.25) is 0 Å². The van der Waals surface area contributed by atoms with E-state index in [-0.39, 0.29) is 5.28 Å². The highest BCUT2D eigenvalue weighted by molar-refractivity contribution is 6.28. The number of aromatic nitrogens is 3. The Bertz CT molecular complexity index is 463. The van der Waals surface area contributed by atoms with E-state index in [0.29, 0.717) is 17.9 Å². The minimum atomic E-state index is 0.256. The number of nitrogens with one attached hydrogen (secondary N) is 1. The Labute approximate surface area is 132 Å². The van der Waals surface area contributed by atoms with Crippen molar-refractivity contribution < 1.29 is 0 Å². The van der Waals surface area contributed by atoms with Gasteiger partial charge in [-0.05, 0) is 56.5 Å². The lowest BCUT2D eigenvalue weighted by atomic mass is 9.79. The minimum Gasteiger partial charge on any atom is -0.351 e. The third-order valence-corrected chi connectivity index (χ3v) is 4.74. The first-order chi connectivity index (χ1) is 10.0. The predicted molar refractivity (Wildman–Crippen MR) is 88.0 cm³/mol. The molecule has 6 heteroatoms. The molecule has 1 saturated carbocycles. The summed E-state index contributed by atoms with van der Waals surface area (Å²) in [6, 6.07) is 0.430. The number of anilines is 2. The summed E-state index contributed by atoms with van der Waals surface area (Å²) in [6.07, 6.45) is 3.57. The van der Waals surface area contributed by atoms with Gasteiger partial charge in [0.1, 0.15) is 0 Å². The second-order valence-corrected chi connectivity index (χ2v) is 6.35. The minimum absolute atomic E-state index is 0.256. The summed E-state index contributed by atoms with van der Waals surface area (Å²) in [5.41, 5.74) is 0. The largest absolute Gasteiger partial charge is 0.351 e. The number of hydrogen-bond donors (Lipinski definition) is 1. The Morgan fingerprint density at radius 1 is 1.10 bits per heavy atom. The topological polar surface area (TPSA) is 53.9 Å². The van der Waals surface area contributed by atoms with Crippen LogP contribution in [0.4, 0.5) is 11.9 Å². The maximum Gasteiger partial charge on any atom is 0.231 e. The van der Waals surface area contributed by atoms with Crippen molar-refractivity contribution in [3.05, 3.63) is 5.28 Å². The molecule has 1 fully saturated rings. The zero-order valence-electron chi connectivity index (χ0n) is 13.4. The van der Waals surface area contributed by atoms with E-state index in [1.54, 1.807) is 0 Å². The molecule has 0 radical (unpaired) electrons. The van der Waals surface area contributed by atoms with Gasteiger partial charge in [-0.25, -0.2) is 0 Å². The van der Waals surface area contributed by atoms with Gasteiger partial charge in [0.2, 0.25) is 17.2 Å². The maximum absolute atomic E-state index is 6.05. The molecule has 21 heavy (non-hydrogen) atoms. The smallest absolute Gasteiger partial charge is 0.231 e. The summed E-state index contributed by atoms with van der Waals surface area (Å²) in [7, 11) is 0. The summed E-state index contributed by atoms with van der Waals surface area (Å²) in [5.74, 6) is 2.79. The first-order valence-corrected chi connectivity index (χ1v) is 8.34. The Hall–Kier alpha value is -1.10. The molecule has 0 bridgehead atoms. The van der Waals surface area contributed by atoms with Crippen molar-refractivity contribution in [2.45, 2.75) is 53.0 Å². The van der Waals surface area contributed by atoms with E-state index in [9.17, 15) is 0 Å². The Balaban J connectivity index is 2.09. The lowest BCUT2D eigenvalue weighted by Crippen LogP contribution is -2.31. The van der Waals surface area contributed by atoms with Crippen molar-refractivity contribution in [1.82, 2.24) is 15.0 Å². The molecule has 1 aliphatic rings. The predicted octanol–water partition coefficient (Wildman–Crippen LogP) is 3.61. The molecule has 5 nitrogen and oxygen atoms in total. The van der Waals surface area contributed by atoms with Gasteiger partial charge in [0.25, 0.3) is 0 Å². The molecule has 0 aliphatic heterocycles. The molecule has 0 saturated heterocycles. The van der Waals surface area contributed by atoms with Gasteiger partial charge in [0.15, 0.2) is 0 Å². The van der Waals surface area contributed by atoms with Gasteiger partial charge in [0, 0.05) is 19.1 Å². The standard InChI is InChI=1S/C15H26ClN5/c1-5-21(6-2)15-19-13(16)18-14(20-15)17-12-8-7-10(3)11(4)9-12/h10-12H,5-9H2,1-4H3,(H,17,18,19,20). The fourth-order valence-corrected chi connectivity index (χ4v) is 3.07. The summed E-state index contributed by atoms with van der Waals surface area (Å²) in [4.78, 5) is 15.0. The number of rotatable bonds is 5. The number of nitrogens with zero attached hydrogens (tertiary/aromatic N) is 4. The van der Waals surface area contributed by atoms with Gasteiger partial charge in [-0.1, -0.05) is 13.8 Å². The Morgan fingerprint density at radius 2 is 1.81 bits per heavy atom. The van der Waals surface area contributed by atoms with Gasteiger partial charge >= 0.3 is 0 Å². The van der Waals surface area contributed by atoms with Crippen LogP contribution < -0.4 is 10.2 Å². The van der Waals surface area contributed by atoms with Crippen LogP contribution in [0.5, 0.6) is 0 Å². The Morgan fingerprint density at radius 3 is 2.43 bits per heavy atom. The first kappa shape index (κ1) is 16.3. The summed E-state index contributed by atoms with van der Waals surface area (Å²) >= 11 is 6.05. The molecule has 3 unspecified atom stereocenters. The first-order valence-electron chi connectivity index (χ1n) is 7.96. The van der Waals surface area contributed by atoms with Crippen LogP contribution in [0.2, 0.25) is 5.28 Å². The van der Waals surface area contributed by atoms with Gasteiger partial charge in [-0.15, -0.1) is 0 Å². The lowest BCUT2D eigenvalue weighted by molar-refractivity contribution is 0.260. The highest BCUT2D eigenvalue weighted by Crippen LogP contribution is 2.30. The van der Waals surface area contributed by atoms with E-state index in [2.05, 4.69) is 52.9 Å². The van der Waals surface area contributed by atoms with Crippen LogP contribution in [-0.2, 0) is 0 Å². The fraction of sp³-hybridized carbons (Fsp3) is 0.800. The number of hydrogen-bond acceptors (Lipinski definition) is 5. The molecule has 1 aromatic rings.